The number of benzene rings is 1. The molecule has 15 heteroatoms. The molecule has 4 saturated heterocycles. The second-order valence-corrected chi connectivity index (χ2v) is 15.6. The lowest BCUT2D eigenvalue weighted by molar-refractivity contribution is -0.0366. The summed E-state index contributed by atoms with van der Waals surface area (Å²) in [5.74, 6) is 0.528. The fraction of sp³-hybridized carbons (Fsp3) is 0.579. The highest BCUT2D eigenvalue weighted by Crippen LogP contribution is 2.46. The fourth-order valence-electron chi connectivity index (χ4n) is 9.33. The fourth-order valence-corrected chi connectivity index (χ4v) is 9.33. The molecule has 9 rings (SSSR count). The van der Waals surface area contributed by atoms with Crippen LogP contribution in [0.1, 0.15) is 69.2 Å². The van der Waals surface area contributed by atoms with Gasteiger partial charge in [0.1, 0.15) is 29.8 Å². The van der Waals surface area contributed by atoms with Gasteiger partial charge >= 0.3 is 6.01 Å². The molecule has 1 N–H and O–H groups in total. The van der Waals surface area contributed by atoms with Crippen LogP contribution in [-0.2, 0) is 16.5 Å². The molecule has 0 saturated carbocycles. The topological polar surface area (TPSA) is 116 Å². The molecule has 0 radical (unpaired) electrons. The highest BCUT2D eigenvalue weighted by molar-refractivity contribution is 6.16. The average molecular weight is 735 g/mol. The quantitative estimate of drug-likeness (QED) is 0.213. The Hall–Kier alpha value is -4.05. The van der Waals surface area contributed by atoms with E-state index in [4.69, 9.17) is 29.2 Å². The molecule has 12 nitrogen and oxygen atoms in total. The van der Waals surface area contributed by atoms with Crippen molar-refractivity contribution in [1.29, 1.82) is 0 Å². The van der Waals surface area contributed by atoms with Gasteiger partial charge in [-0.25, -0.2) is 17.9 Å². The van der Waals surface area contributed by atoms with Gasteiger partial charge in [0, 0.05) is 61.3 Å². The van der Waals surface area contributed by atoms with Crippen LogP contribution in [0, 0.1) is 6.92 Å². The summed E-state index contributed by atoms with van der Waals surface area (Å²) in [4.78, 5) is 18.9. The number of aliphatic hydroxyl groups is 1. The third-order valence-corrected chi connectivity index (χ3v) is 11.7. The zero-order valence-corrected chi connectivity index (χ0v) is 30.3. The lowest BCUT2D eigenvalue weighted by Gasteiger charge is -2.31. The lowest BCUT2D eigenvalue weighted by Crippen LogP contribution is -2.44. The minimum Gasteiger partial charge on any atom is -0.461 e. The van der Waals surface area contributed by atoms with E-state index < -0.39 is 23.7 Å². The Morgan fingerprint density at radius 3 is 2.81 bits per heavy atom. The van der Waals surface area contributed by atoms with E-state index in [0.717, 1.165) is 38.6 Å². The molecule has 5 aromatic rings. The summed E-state index contributed by atoms with van der Waals surface area (Å²) in [5.41, 5.74) is 1.25. The van der Waals surface area contributed by atoms with Crippen LogP contribution in [0.5, 0.6) is 6.01 Å². The SMILES string of the molecule is Cc1cc2c(cnn2C2CCCCO2)c(-c2nccc3c4c(N5CCOC[C@@](C)(O)C5)nc(OC[C@@]56CCCN5C[C@H](F)C6)nc4n(C)c23)c1C(F)F. The van der Waals surface area contributed by atoms with Gasteiger partial charge in [-0.1, -0.05) is 0 Å². The summed E-state index contributed by atoms with van der Waals surface area (Å²) in [5, 5.41) is 17.9. The van der Waals surface area contributed by atoms with Gasteiger partial charge in [-0.05, 0) is 70.2 Å². The second kappa shape index (κ2) is 13.1. The first-order chi connectivity index (χ1) is 25.5. The predicted octanol–water partition coefficient (Wildman–Crippen LogP) is 6.02. The molecule has 4 aromatic heterocycles. The van der Waals surface area contributed by atoms with E-state index in [1.807, 2.05) is 27.3 Å². The van der Waals surface area contributed by atoms with Crippen LogP contribution in [0.15, 0.2) is 24.5 Å². The number of fused-ring (bicyclic) bond motifs is 5. The number of hydrogen-bond acceptors (Lipinski definition) is 10. The Morgan fingerprint density at radius 2 is 2.00 bits per heavy atom. The van der Waals surface area contributed by atoms with Crippen molar-refractivity contribution in [3.05, 3.63) is 35.7 Å². The number of halogens is 3. The molecular weight excluding hydrogens is 689 g/mol. The van der Waals surface area contributed by atoms with Gasteiger partial charge in [-0.15, -0.1) is 0 Å². The van der Waals surface area contributed by atoms with Crippen LogP contribution in [-0.4, -0.2) is 109 Å². The Balaban J connectivity index is 1.25. The van der Waals surface area contributed by atoms with Crippen molar-refractivity contribution in [2.45, 2.75) is 82.3 Å². The normalized spacial score (nSPS) is 27.1. The molecule has 1 unspecified atom stereocenters. The summed E-state index contributed by atoms with van der Waals surface area (Å²) in [7, 11) is 1.84. The van der Waals surface area contributed by atoms with Crippen molar-refractivity contribution >= 4 is 38.7 Å². The molecule has 1 aromatic carbocycles. The smallest absolute Gasteiger partial charge is 0.320 e. The zero-order valence-electron chi connectivity index (χ0n) is 30.3. The number of aryl methyl sites for hydroxylation is 2. The molecule has 4 aliphatic rings. The molecule has 0 spiro atoms. The summed E-state index contributed by atoms with van der Waals surface area (Å²) in [6, 6.07) is 3.75. The monoisotopic (exact) mass is 734 g/mol. The minimum absolute atomic E-state index is 0.106. The maximum absolute atomic E-state index is 15.2. The highest BCUT2D eigenvalue weighted by atomic mass is 19.3. The van der Waals surface area contributed by atoms with Crippen molar-refractivity contribution < 1.29 is 32.5 Å². The number of β-amino-alcohol motifs (C(OH)–C–C–N with tert-alkyl or cyclic N) is 1. The van der Waals surface area contributed by atoms with E-state index in [2.05, 4.69) is 10.00 Å². The average Bonchev–Trinajstić information content (AvgIpc) is 3.85. The molecule has 0 aliphatic carbocycles. The molecular formula is C38H45F3N8O4. The molecule has 4 aliphatic heterocycles. The third-order valence-electron chi connectivity index (χ3n) is 11.7. The van der Waals surface area contributed by atoms with Gasteiger partial charge in [-0.2, -0.15) is 15.1 Å². The van der Waals surface area contributed by atoms with Crippen molar-refractivity contribution in [3.8, 4) is 17.3 Å². The van der Waals surface area contributed by atoms with Crippen LogP contribution in [0.2, 0.25) is 0 Å². The van der Waals surface area contributed by atoms with Crippen LogP contribution in [0.4, 0.5) is 19.0 Å². The number of aromatic nitrogens is 6. The van der Waals surface area contributed by atoms with E-state index in [1.54, 1.807) is 32.3 Å². The summed E-state index contributed by atoms with van der Waals surface area (Å²) in [6.45, 7) is 6.69. The van der Waals surface area contributed by atoms with Gasteiger partial charge in [0.15, 0.2) is 6.23 Å². The van der Waals surface area contributed by atoms with Gasteiger partial charge in [0.05, 0.1) is 53.6 Å². The Labute approximate surface area is 304 Å². The molecule has 0 amide bonds. The second-order valence-electron chi connectivity index (χ2n) is 15.6. The van der Waals surface area contributed by atoms with Crippen LogP contribution in [0.25, 0.3) is 44.1 Å². The maximum Gasteiger partial charge on any atom is 0.320 e. The van der Waals surface area contributed by atoms with E-state index in [0.29, 0.717) is 88.2 Å². The van der Waals surface area contributed by atoms with Gasteiger partial charge in [0.2, 0.25) is 0 Å². The molecule has 0 bridgehead atoms. The summed E-state index contributed by atoms with van der Waals surface area (Å²) in [6.07, 6.45) is 4.26. The lowest BCUT2D eigenvalue weighted by atomic mass is 9.94. The van der Waals surface area contributed by atoms with E-state index in [9.17, 15) is 9.50 Å². The minimum atomic E-state index is -2.78. The van der Waals surface area contributed by atoms with Crippen LogP contribution in [0.3, 0.4) is 0 Å². The number of nitrogens with zero attached hydrogens (tertiary/aromatic N) is 8. The number of ether oxygens (including phenoxy) is 3. The zero-order chi connectivity index (χ0) is 36.6. The molecule has 53 heavy (non-hydrogen) atoms. The first kappa shape index (κ1) is 34.7. The maximum atomic E-state index is 15.2. The van der Waals surface area contributed by atoms with E-state index in [-0.39, 0.29) is 37.6 Å². The standard InChI is InChI=1S/C38H45F3N8O4/c1-22-15-26-25(17-43-49(26)27-7-4-5-13-52-27)29(28(22)33(40)41)31-32-24(8-10-42-31)30-34(46(32)3)44-36(45-35(30)47-12-14-51-20-37(2,50)19-47)53-21-38-9-6-11-48(38)18-23(39)16-38/h8,10,15,17,23,27,33,50H,4-7,9,11-14,16,18-21H2,1-3H3/t23-,27?,37+,38+/m1/s1. The third kappa shape index (κ3) is 5.81. The van der Waals surface area contributed by atoms with Crippen molar-refractivity contribution in [3.63, 3.8) is 0 Å². The number of hydrogen-bond donors (Lipinski definition) is 1. The first-order valence-corrected chi connectivity index (χ1v) is 18.7. The Bertz CT molecular complexity index is 2200. The molecule has 4 fully saturated rings. The molecule has 8 heterocycles. The van der Waals surface area contributed by atoms with E-state index in [1.165, 1.54) is 0 Å². The number of anilines is 1. The first-order valence-electron chi connectivity index (χ1n) is 18.7. The van der Waals surface area contributed by atoms with Crippen molar-refractivity contribution in [2.24, 2.45) is 7.05 Å². The highest BCUT2D eigenvalue weighted by Gasteiger charge is 2.49. The predicted molar refractivity (Wildman–Crippen MR) is 193 cm³/mol. The van der Waals surface area contributed by atoms with Crippen molar-refractivity contribution in [1.82, 2.24) is 34.2 Å². The number of alkyl halides is 3. The molecule has 282 valence electrons. The van der Waals surface area contributed by atoms with Gasteiger partial charge < -0.3 is 28.8 Å². The van der Waals surface area contributed by atoms with Gasteiger partial charge in [0.25, 0.3) is 6.43 Å². The molecule has 4 atom stereocenters. The Kier molecular flexibility index (Phi) is 8.55. The van der Waals surface area contributed by atoms with Crippen LogP contribution < -0.4 is 9.64 Å². The van der Waals surface area contributed by atoms with E-state index >= 15 is 8.78 Å². The van der Waals surface area contributed by atoms with Crippen molar-refractivity contribution in [2.75, 3.05) is 57.5 Å². The summed E-state index contributed by atoms with van der Waals surface area (Å²) < 4.78 is 66.9. The van der Waals surface area contributed by atoms with Gasteiger partial charge in [-0.3, -0.25) is 9.88 Å². The largest absolute Gasteiger partial charge is 0.461 e. The Morgan fingerprint density at radius 1 is 1.13 bits per heavy atom. The van der Waals surface area contributed by atoms with Crippen LogP contribution >= 0.6 is 0 Å². The summed E-state index contributed by atoms with van der Waals surface area (Å²) >= 11 is 0. The number of rotatable bonds is 7. The number of pyridine rings is 1.